The van der Waals surface area contributed by atoms with Crippen LogP contribution < -0.4 is 15.1 Å². The lowest BCUT2D eigenvalue weighted by molar-refractivity contribution is -0.117. The molecule has 1 N–H and O–H groups in total. The summed E-state index contributed by atoms with van der Waals surface area (Å²) in [4.78, 5) is 25.3. The van der Waals surface area contributed by atoms with E-state index in [4.69, 9.17) is 0 Å². The van der Waals surface area contributed by atoms with Crippen LogP contribution in [0.15, 0.2) is 36.7 Å². The van der Waals surface area contributed by atoms with Gasteiger partial charge in [0, 0.05) is 18.8 Å². The van der Waals surface area contributed by atoms with Gasteiger partial charge in [-0.1, -0.05) is 18.2 Å². The molecule has 1 aliphatic heterocycles. The molecule has 6 heteroatoms. The number of nitrogens with zero attached hydrogens (tertiary/aromatic N) is 4. The highest BCUT2D eigenvalue weighted by Gasteiger charge is 2.29. The zero-order valence-corrected chi connectivity index (χ0v) is 13.8. The van der Waals surface area contributed by atoms with E-state index in [0.717, 1.165) is 22.9 Å². The molecule has 2 aromatic rings. The Morgan fingerprint density at radius 1 is 1.12 bits per heavy atom. The molecule has 1 amide bonds. The number of hydrogen-bond acceptors (Lipinski definition) is 5. The first-order chi connectivity index (χ1) is 11.7. The number of para-hydroxylation sites is 1. The molecule has 1 saturated carbocycles. The molecule has 124 valence electrons. The van der Waals surface area contributed by atoms with Crippen molar-refractivity contribution < 1.29 is 4.79 Å². The predicted molar refractivity (Wildman–Crippen MR) is 94.2 cm³/mol. The van der Waals surface area contributed by atoms with Crippen LogP contribution in [0, 0.1) is 0 Å². The van der Waals surface area contributed by atoms with Crippen molar-refractivity contribution in [3.8, 4) is 0 Å². The second-order valence-corrected chi connectivity index (χ2v) is 6.47. The Morgan fingerprint density at radius 2 is 1.92 bits per heavy atom. The van der Waals surface area contributed by atoms with Crippen LogP contribution in [0.25, 0.3) is 0 Å². The first-order valence-corrected chi connectivity index (χ1v) is 8.39. The van der Waals surface area contributed by atoms with Crippen molar-refractivity contribution in [2.45, 2.75) is 31.8 Å². The molecular weight excluding hydrogens is 302 g/mol. The topological polar surface area (TPSA) is 61.4 Å². The van der Waals surface area contributed by atoms with E-state index in [2.05, 4.69) is 15.3 Å². The normalized spacial score (nSPS) is 18.0. The molecule has 6 nitrogen and oxygen atoms in total. The fourth-order valence-electron chi connectivity index (χ4n) is 3.20. The second-order valence-electron chi connectivity index (χ2n) is 6.47. The number of rotatable bonds is 3. The Labute approximate surface area is 141 Å². The van der Waals surface area contributed by atoms with Crippen LogP contribution in [0.5, 0.6) is 0 Å². The maximum atomic E-state index is 12.7. The van der Waals surface area contributed by atoms with Crippen LogP contribution in [0.2, 0.25) is 0 Å². The summed E-state index contributed by atoms with van der Waals surface area (Å²) in [6.07, 6.45) is 5.20. The fraction of sp³-hybridized carbons (Fsp3) is 0.389. The van der Waals surface area contributed by atoms with Crippen LogP contribution in [0.4, 0.5) is 17.3 Å². The first-order valence-electron chi connectivity index (χ1n) is 8.39. The molecular formula is C18H21N5O. The van der Waals surface area contributed by atoms with Gasteiger partial charge in [-0.2, -0.15) is 0 Å². The molecule has 1 aromatic heterocycles. The summed E-state index contributed by atoms with van der Waals surface area (Å²) in [6, 6.07) is 10.3. The van der Waals surface area contributed by atoms with Crippen molar-refractivity contribution in [3.63, 3.8) is 0 Å². The summed E-state index contributed by atoms with van der Waals surface area (Å²) in [5.41, 5.74) is 1.89. The van der Waals surface area contributed by atoms with Crippen LogP contribution in [0.3, 0.4) is 0 Å². The minimum atomic E-state index is 0.0660. The van der Waals surface area contributed by atoms with Gasteiger partial charge in [-0.15, -0.1) is 0 Å². The Bertz CT molecular complexity index is 744. The van der Waals surface area contributed by atoms with Gasteiger partial charge in [0.15, 0.2) is 0 Å². The Kier molecular flexibility index (Phi) is 3.80. The van der Waals surface area contributed by atoms with E-state index < -0.39 is 0 Å². The summed E-state index contributed by atoms with van der Waals surface area (Å²) in [5, 5.41) is 3.53. The molecule has 0 unspecified atom stereocenters. The summed E-state index contributed by atoms with van der Waals surface area (Å²) in [6.45, 7) is 0.792. The highest BCUT2D eigenvalue weighted by atomic mass is 16.2. The Hall–Kier alpha value is -2.63. The largest absolute Gasteiger partial charge is 0.367 e. The van der Waals surface area contributed by atoms with Crippen molar-refractivity contribution in [1.29, 1.82) is 0 Å². The number of benzene rings is 1. The maximum absolute atomic E-state index is 12.7. The van der Waals surface area contributed by atoms with Crippen molar-refractivity contribution in [3.05, 3.63) is 42.2 Å². The standard InChI is InChI=1S/C18H21N5O/c1-22-11-16(24)23(14-8-3-2-4-9-14)10-15-17(19-12-20-18(15)22)21-13-6-5-7-13/h2-4,8-9,12-13H,5-7,10-11H2,1H3,(H,19,20,21). The van der Waals surface area contributed by atoms with Crippen molar-refractivity contribution in [1.82, 2.24) is 9.97 Å². The minimum absolute atomic E-state index is 0.0660. The lowest BCUT2D eigenvalue weighted by Gasteiger charge is -2.29. The average molecular weight is 323 g/mol. The van der Waals surface area contributed by atoms with E-state index in [1.807, 2.05) is 47.2 Å². The highest BCUT2D eigenvalue weighted by Crippen LogP contribution is 2.32. The molecule has 0 radical (unpaired) electrons. The molecule has 0 spiro atoms. The molecule has 0 saturated heterocycles. The van der Waals surface area contributed by atoms with Gasteiger partial charge in [0.05, 0.1) is 18.7 Å². The van der Waals surface area contributed by atoms with E-state index in [1.54, 1.807) is 6.33 Å². The third-order valence-corrected chi connectivity index (χ3v) is 4.79. The second kappa shape index (κ2) is 6.11. The number of hydrogen-bond donors (Lipinski definition) is 1. The van der Waals surface area contributed by atoms with Crippen LogP contribution in [-0.4, -0.2) is 35.5 Å². The molecule has 24 heavy (non-hydrogen) atoms. The Balaban J connectivity index is 1.72. The highest BCUT2D eigenvalue weighted by molar-refractivity contribution is 5.97. The number of amides is 1. The molecule has 1 aromatic carbocycles. The van der Waals surface area contributed by atoms with E-state index in [-0.39, 0.29) is 5.91 Å². The lowest BCUT2D eigenvalue weighted by Crippen LogP contribution is -2.35. The lowest BCUT2D eigenvalue weighted by atomic mass is 9.93. The van der Waals surface area contributed by atoms with Crippen LogP contribution in [-0.2, 0) is 11.3 Å². The number of carbonyl (C=O) groups is 1. The van der Waals surface area contributed by atoms with Crippen LogP contribution in [0.1, 0.15) is 24.8 Å². The van der Waals surface area contributed by atoms with Gasteiger partial charge in [0.25, 0.3) is 0 Å². The monoisotopic (exact) mass is 323 g/mol. The number of likely N-dealkylation sites (N-methyl/N-ethyl adjacent to an activating group) is 1. The van der Waals surface area contributed by atoms with Gasteiger partial charge in [-0.25, -0.2) is 9.97 Å². The van der Waals surface area contributed by atoms with Crippen LogP contribution >= 0.6 is 0 Å². The van der Waals surface area contributed by atoms with Crippen molar-refractivity contribution in [2.24, 2.45) is 0 Å². The number of fused-ring (bicyclic) bond motifs is 1. The SMILES string of the molecule is CN1CC(=O)N(c2ccccc2)Cc2c(NC3CCC3)ncnc21. The molecule has 0 atom stereocenters. The van der Waals surface area contributed by atoms with Gasteiger partial charge in [0.2, 0.25) is 5.91 Å². The molecule has 1 fully saturated rings. The van der Waals surface area contributed by atoms with E-state index in [9.17, 15) is 4.79 Å². The third-order valence-electron chi connectivity index (χ3n) is 4.79. The predicted octanol–water partition coefficient (Wildman–Crippen LogP) is 2.42. The van der Waals surface area contributed by atoms with E-state index >= 15 is 0 Å². The minimum Gasteiger partial charge on any atom is -0.367 e. The van der Waals surface area contributed by atoms with Gasteiger partial charge >= 0.3 is 0 Å². The first kappa shape index (κ1) is 14.9. The third kappa shape index (κ3) is 2.68. The van der Waals surface area contributed by atoms with E-state index in [0.29, 0.717) is 19.1 Å². The number of aromatic nitrogens is 2. The summed E-state index contributed by atoms with van der Waals surface area (Å²) >= 11 is 0. The smallest absolute Gasteiger partial charge is 0.246 e. The van der Waals surface area contributed by atoms with Gasteiger partial charge in [0.1, 0.15) is 18.0 Å². The fourth-order valence-corrected chi connectivity index (χ4v) is 3.20. The molecule has 0 bridgehead atoms. The van der Waals surface area contributed by atoms with Gasteiger partial charge in [-0.05, 0) is 31.4 Å². The van der Waals surface area contributed by atoms with Crippen molar-refractivity contribution in [2.75, 3.05) is 28.7 Å². The molecule has 4 rings (SSSR count). The number of anilines is 3. The molecule has 2 aliphatic rings. The Morgan fingerprint density at radius 3 is 2.62 bits per heavy atom. The molecule has 1 aliphatic carbocycles. The molecule has 2 heterocycles. The zero-order chi connectivity index (χ0) is 16.5. The number of carbonyl (C=O) groups excluding carboxylic acids is 1. The van der Waals surface area contributed by atoms with E-state index in [1.165, 1.54) is 19.3 Å². The summed E-state index contributed by atoms with van der Waals surface area (Å²) in [5.74, 6) is 1.75. The van der Waals surface area contributed by atoms with Gasteiger partial charge < -0.3 is 15.1 Å². The van der Waals surface area contributed by atoms with Crippen molar-refractivity contribution >= 4 is 23.2 Å². The summed E-state index contributed by atoms with van der Waals surface area (Å²) < 4.78 is 0. The average Bonchev–Trinajstić information content (AvgIpc) is 2.69. The zero-order valence-electron chi connectivity index (χ0n) is 13.8. The maximum Gasteiger partial charge on any atom is 0.246 e. The number of nitrogens with one attached hydrogen (secondary N) is 1. The summed E-state index contributed by atoms with van der Waals surface area (Å²) in [7, 11) is 1.91. The quantitative estimate of drug-likeness (QED) is 0.940. The van der Waals surface area contributed by atoms with Gasteiger partial charge in [-0.3, -0.25) is 4.79 Å².